The minimum atomic E-state index is 0. The fourth-order valence-electron chi connectivity index (χ4n) is 2.06. The number of hydrogen-bond donors (Lipinski definition) is 1. The van der Waals surface area contributed by atoms with Crippen molar-refractivity contribution < 1.29 is 0 Å². The molecule has 3 rings (SSSR count). The number of aromatic nitrogens is 2. The summed E-state index contributed by atoms with van der Waals surface area (Å²) >= 11 is 7.45. The van der Waals surface area contributed by atoms with E-state index in [1.165, 1.54) is 11.8 Å². The van der Waals surface area contributed by atoms with E-state index in [0.29, 0.717) is 5.02 Å². The largest absolute Gasteiger partial charge is 0.340 e. The van der Waals surface area contributed by atoms with Gasteiger partial charge in [-0.25, -0.2) is 9.97 Å². The molecule has 23 heavy (non-hydrogen) atoms. The minimum absolute atomic E-state index is 0. The van der Waals surface area contributed by atoms with E-state index in [1.54, 1.807) is 0 Å². The molecule has 0 bridgehead atoms. The van der Waals surface area contributed by atoms with Crippen LogP contribution in [0.25, 0.3) is 11.1 Å². The fourth-order valence-corrected chi connectivity index (χ4v) is 2.52. The molecule has 1 heterocycles. The molecule has 0 aliphatic rings. The highest BCUT2D eigenvalue weighted by Crippen LogP contribution is 2.29. The van der Waals surface area contributed by atoms with Crippen LogP contribution in [0.4, 0.5) is 11.5 Å². The highest BCUT2D eigenvalue weighted by atomic mass is 35.5. The molecule has 3 aromatic rings. The number of nitrogens with zero attached hydrogens (tertiary/aromatic N) is 2. The van der Waals surface area contributed by atoms with Gasteiger partial charge in [-0.1, -0.05) is 53.7 Å². The van der Waals surface area contributed by atoms with Crippen molar-refractivity contribution in [2.24, 2.45) is 0 Å². The van der Waals surface area contributed by atoms with Gasteiger partial charge in [-0.05, 0) is 36.1 Å². The summed E-state index contributed by atoms with van der Waals surface area (Å²) in [5.74, 6) is 0.785. The van der Waals surface area contributed by atoms with Gasteiger partial charge in [-0.15, -0.1) is 12.4 Å². The van der Waals surface area contributed by atoms with Gasteiger partial charge in [0.15, 0.2) is 5.16 Å². The number of rotatable bonds is 4. The van der Waals surface area contributed by atoms with Crippen LogP contribution < -0.4 is 5.32 Å². The predicted molar refractivity (Wildman–Crippen MR) is 101 cm³/mol. The minimum Gasteiger partial charge on any atom is -0.340 e. The van der Waals surface area contributed by atoms with E-state index in [2.05, 4.69) is 15.3 Å². The second-order valence-corrected chi connectivity index (χ2v) is 5.83. The maximum atomic E-state index is 5.93. The van der Waals surface area contributed by atoms with Gasteiger partial charge in [0.1, 0.15) is 5.82 Å². The van der Waals surface area contributed by atoms with Crippen LogP contribution in [-0.2, 0) is 0 Å². The van der Waals surface area contributed by atoms with Crippen LogP contribution in [0.15, 0.2) is 66.0 Å². The molecule has 6 heteroatoms. The second-order valence-electron chi connectivity index (χ2n) is 4.62. The molecular formula is C17H15Cl2N3S. The van der Waals surface area contributed by atoms with Crippen molar-refractivity contribution in [3.63, 3.8) is 0 Å². The Labute approximate surface area is 150 Å². The Balaban J connectivity index is 0.00000192. The summed E-state index contributed by atoms with van der Waals surface area (Å²) in [7, 11) is 0. The Hall–Kier alpha value is -1.75. The van der Waals surface area contributed by atoms with E-state index in [9.17, 15) is 0 Å². The molecule has 0 aliphatic heterocycles. The number of halogens is 2. The SMILES string of the molecule is CSc1ncc(-c2ccccc2)c(Nc2ccc(Cl)cc2)n1.Cl. The van der Waals surface area contributed by atoms with E-state index in [4.69, 9.17) is 11.6 Å². The van der Waals surface area contributed by atoms with Gasteiger partial charge < -0.3 is 5.32 Å². The third-order valence-electron chi connectivity index (χ3n) is 3.14. The lowest BCUT2D eigenvalue weighted by molar-refractivity contribution is 0.978. The number of thioether (sulfide) groups is 1. The van der Waals surface area contributed by atoms with Crippen molar-refractivity contribution in [3.8, 4) is 11.1 Å². The highest BCUT2D eigenvalue weighted by Gasteiger charge is 2.09. The van der Waals surface area contributed by atoms with Crippen molar-refractivity contribution >= 4 is 47.3 Å². The molecular weight excluding hydrogens is 349 g/mol. The molecule has 1 N–H and O–H groups in total. The van der Waals surface area contributed by atoms with Crippen molar-refractivity contribution in [1.29, 1.82) is 0 Å². The molecule has 0 unspecified atom stereocenters. The number of benzene rings is 2. The van der Waals surface area contributed by atoms with E-state index in [-0.39, 0.29) is 12.4 Å². The normalized spacial score (nSPS) is 10.0. The van der Waals surface area contributed by atoms with Crippen molar-refractivity contribution in [1.82, 2.24) is 9.97 Å². The Morgan fingerprint density at radius 1 is 1.00 bits per heavy atom. The summed E-state index contributed by atoms with van der Waals surface area (Å²) in [4.78, 5) is 8.97. The van der Waals surface area contributed by atoms with E-state index in [0.717, 1.165) is 27.8 Å². The molecule has 0 aliphatic carbocycles. The van der Waals surface area contributed by atoms with E-state index in [1.807, 2.05) is 67.0 Å². The molecule has 0 saturated carbocycles. The molecule has 0 amide bonds. The number of anilines is 2. The molecule has 0 radical (unpaired) electrons. The van der Waals surface area contributed by atoms with Gasteiger partial charge >= 0.3 is 0 Å². The first-order valence-corrected chi connectivity index (χ1v) is 8.35. The quantitative estimate of drug-likeness (QED) is 0.477. The van der Waals surface area contributed by atoms with Crippen LogP contribution in [0.3, 0.4) is 0 Å². The van der Waals surface area contributed by atoms with Gasteiger partial charge in [-0.2, -0.15) is 0 Å². The van der Waals surface area contributed by atoms with Crippen molar-refractivity contribution in [2.45, 2.75) is 5.16 Å². The van der Waals surface area contributed by atoms with Gasteiger partial charge in [-0.3, -0.25) is 0 Å². The van der Waals surface area contributed by atoms with Crippen LogP contribution in [0, 0.1) is 0 Å². The third kappa shape index (κ3) is 4.38. The fraction of sp³-hybridized carbons (Fsp3) is 0.0588. The topological polar surface area (TPSA) is 37.8 Å². The lowest BCUT2D eigenvalue weighted by atomic mass is 10.1. The maximum absolute atomic E-state index is 5.93. The molecule has 0 atom stereocenters. The zero-order valence-electron chi connectivity index (χ0n) is 12.4. The van der Waals surface area contributed by atoms with Crippen LogP contribution in [0.2, 0.25) is 5.02 Å². The Morgan fingerprint density at radius 2 is 1.70 bits per heavy atom. The Kier molecular flexibility index (Phi) is 6.28. The second kappa shape index (κ2) is 8.20. The van der Waals surface area contributed by atoms with Crippen molar-refractivity contribution in [3.05, 3.63) is 65.8 Å². The first-order chi connectivity index (χ1) is 10.8. The zero-order chi connectivity index (χ0) is 15.4. The lowest BCUT2D eigenvalue weighted by Crippen LogP contribution is -1.99. The van der Waals surface area contributed by atoms with Gasteiger partial charge in [0, 0.05) is 22.5 Å². The molecule has 0 spiro atoms. The monoisotopic (exact) mass is 363 g/mol. The summed E-state index contributed by atoms with van der Waals surface area (Å²) in [5.41, 5.74) is 2.98. The maximum Gasteiger partial charge on any atom is 0.189 e. The van der Waals surface area contributed by atoms with Crippen LogP contribution in [0.1, 0.15) is 0 Å². The lowest BCUT2D eigenvalue weighted by Gasteiger charge is -2.12. The smallest absolute Gasteiger partial charge is 0.189 e. The van der Waals surface area contributed by atoms with E-state index >= 15 is 0 Å². The average molecular weight is 364 g/mol. The van der Waals surface area contributed by atoms with Gasteiger partial charge in [0.25, 0.3) is 0 Å². The molecule has 1 aromatic heterocycles. The summed E-state index contributed by atoms with van der Waals surface area (Å²) in [6.07, 6.45) is 3.82. The van der Waals surface area contributed by atoms with Crippen LogP contribution >= 0.6 is 35.8 Å². The van der Waals surface area contributed by atoms with Crippen molar-refractivity contribution in [2.75, 3.05) is 11.6 Å². The Bertz CT molecular complexity index is 765. The number of hydrogen-bond acceptors (Lipinski definition) is 4. The molecule has 2 aromatic carbocycles. The summed E-state index contributed by atoms with van der Waals surface area (Å²) < 4.78 is 0. The first-order valence-electron chi connectivity index (χ1n) is 6.75. The van der Waals surface area contributed by atoms with Gasteiger partial charge in [0.05, 0.1) is 0 Å². The summed E-state index contributed by atoms with van der Waals surface area (Å²) in [5, 5.41) is 4.79. The molecule has 118 valence electrons. The van der Waals surface area contributed by atoms with E-state index < -0.39 is 0 Å². The Morgan fingerprint density at radius 3 is 2.35 bits per heavy atom. The molecule has 0 fully saturated rings. The average Bonchev–Trinajstić information content (AvgIpc) is 2.57. The number of nitrogens with one attached hydrogen (secondary N) is 1. The first kappa shape index (κ1) is 17.6. The van der Waals surface area contributed by atoms with Crippen LogP contribution in [-0.4, -0.2) is 16.2 Å². The van der Waals surface area contributed by atoms with Gasteiger partial charge in [0.2, 0.25) is 0 Å². The third-order valence-corrected chi connectivity index (χ3v) is 3.95. The molecule has 0 saturated heterocycles. The summed E-state index contributed by atoms with van der Waals surface area (Å²) in [6, 6.07) is 17.6. The molecule has 3 nitrogen and oxygen atoms in total. The highest BCUT2D eigenvalue weighted by molar-refractivity contribution is 7.98. The zero-order valence-corrected chi connectivity index (χ0v) is 14.8. The predicted octanol–water partition coefficient (Wildman–Crippen LogP) is 5.68. The van der Waals surface area contributed by atoms with Crippen LogP contribution in [0.5, 0.6) is 0 Å². The standard InChI is InChI=1S/C17H14ClN3S.ClH/c1-22-17-19-11-15(12-5-3-2-4-6-12)16(21-17)20-14-9-7-13(18)8-10-14;/h2-11H,1H3,(H,19,20,21);1H. The summed E-state index contributed by atoms with van der Waals surface area (Å²) in [6.45, 7) is 0.